The maximum Gasteiger partial charge on any atom is 0.203 e. The van der Waals surface area contributed by atoms with Crippen LogP contribution in [0.25, 0.3) is 0 Å². The molecule has 1 aromatic rings. The molecule has 1 N–H and O–H groups in total. The molecule has 0 spiro atoms. The van der Waals surface area contributed by atoms with Gasteiger partial charge < -0.3 is 18.9 Å². The molecule has 1 atom stereocenters. The zero-order valence-corrected chi connectivity index (χ0v) is 14.5. The van der Waals surface area contributed by atoms with Crippen molar-refractivity contribution in [1.29, 1.82) is 0 Å². The van der Waals surface area contributed by atoms with Gasteiger partial charge in [-0.1, -0.05) is 12.8 Å². The molecule has 0 aliphatic rings. The molecule has 120 valence electrons. The molecule has 1 unspecified atom stereocenters. The summed E-state index contributed by atoms with van der Waals surface area (Å²) in [4.78, 5) is 11.2. The van der Waals surface area contributed by atoms with Crippen LogP contribution in [0.3, 0.4) is 0 Å². The monoisotopic (exact) mass is 351 g/mol. The molecule has 0 fully saturated rings. The van der Waals surface area contributed by atoms with Crippen molar-refractivity contribution in [3.05, 3.63) is 24.3 Å². The van der Waals surface area contributed by atoms with Crippen molar-refractivity contribution in [3.63, 3.8) is 0 Å². The van der Waals surface area contributed by atoms with Crippen LogP contribution in [0.5, 0.6) is 5.75 Å². The summed E-state index contributed by atoms with van der Waals surface area (Å²) in [6, 6.07) is 7.46. The number of rotatable bonds is 10. The van der Waals surface area contributed by atoms with Crippen molar-refractivity contribution >= 4 is 45.2 Å². The lowest BCUT2D eigenvalue weighted by molar-refractivity contribution is -0.115. The number of thiol groups is 3. The number of hydrogen-bond donors (Lipinski definition) is 4. The van der Waals surface area contributed by atoms with Gasteiger partial charge in [0.25, 0.3) is 0 Å². The van der Waals surface area contributed by atoms with Gasteiger partial charge in [0, 0.05) is 5.69 Å². The van der Waals surface area contributed by atoms with E-state index in [4.69, 9.17) is 14.2 Å². The number of nitrogens with one attached hydrogen (secondary N) is 1. The van der Waals surface area contributed by atoms with Gasteiger partial charge in [0.15, 0.2) is 0 Å². The molecule has 5 nitrogen and oxygen atoms in total. The van der Waals surface area contributed by atoms with Gasteiger partial charge >= 0.3 is 0 Å². The highest BCUT2D eigenvalue weighted by atomic mass is 33.1. The molecule has 21 heavy (non-hydrogen) atoms. The van der Waals surface area contributed by atoms with E-state index in [2.05, 4.69) is 29.2 Å². The quantitative estimate of drug-likeness (QED) is 0.296. The third kappa shape index (κ3) is 8.47. The van der Waals surface area contributed by atoms with E-state index in [0.29, 0.717) is 26.4 Å². The minimum Gasteiger partial charge on any atom is -0.491 e. The smallest absolute Gasteiger partial charge is 0.203 e. The first-order valence-electron chi connectivity index (χ1n) is 6.37. The first-order valence-corrected chi connectivity index (χ1v) is 9.76. The van der Waals surface area contributed by atoms with Gasteiger partial charge in [0.2, 0.25) is 5.12 Å². The van der Waals surface area contributed by atoms with Crippen molar-refractivity contribution in [1.82, 2.24) is 0 Å². The van der Waals surface area contributed by atoms with E-state index in [0.717, 1.165) is 11.4 Å². The van der Waals surface area contributed by atoms with E-state index < -0.39 is 9.93 Å². The van der Waals surface area contributed by atoms with Crippen LogP contribution in [0.4, 0.5) is 5.69 Å². The van der Waals surface area contributed by atoms with Crippen molar-refractivity contribution in [2.45, 2.75) is 0 Å². The molecule has 0 bridgehead atoms. The van der Waals surface area contributed by atoms with E-state index in [-0.39, 0.29) is 11.7 Å². The number of hydrogen-bond acceptors (Lipinski definition) is 7. The zero-order valence-electron chi connectivity index (χ0n) is 11.8. The third-order valence-electron chi connectivity index (χ3n) is 2.44. The third-order valence-corrected chi connectivity index (χ3v) is 4.22. The minimum atomic E-state index is -0.861. The Morgan fingerprint density at radius 1 is 1.14 bits per heavy atom. The van der Waals surface area contributed by atoms with E-state index >= 15 is 0 Å². The summed E-state index contributed by atoms with van der Waals surface area (Å²) in [5.41, 5.74) is 0.908. The van der Waals surface area contributed by atoms with Gasteiger partial charge in [-0.15, -0.1) is 21.6 Å². The standard InChI is InChI=1S/C13H21NO4S3/c1-21(20)13(15)10-17-7-6-16-8-9-18-12-4-2-11(14-19)3-5-12/h2-5,14,19-21H,6-10H2,1H3. The average Bonchev–Trinajstić information content (AvgIpc) is 2.50. The number of anilines is 1. The van der Waals surface area contributed by atoms with E-state index in [1.54, 1.807) is 6.26 Å². The fourth-order valence-electron chi connectivity index (χ4n) is 1.32. The van der Waals surface area contributed by atoms with Crippen LogP contribution in [0.2, 0.25) is 0 Å². The van der Waals surface area contributed by atoms with Gasteiger partial charge in [-0.25, -0.2) is 0 Å². The lowest BCUT2D eigenvalue weighted by Gasteiger charge is -2.09. The fourth-order valence-corrected chi connectivity index (χ4v) is 1.92. The SMILES string of the molecule is C[SH](S)C(=O)COCCOCCOc1ccc(NS)cc1. The first kappa shape index (κ1) is 18.5. The Labute approximate surface area is 138 Å². The van der Waals surface area contributed by atoms with Crippen molar-refractivity contribution in [2.24, 2.45) is 0 Å². The molecule has 0 aromatic heterocycles. The Morgan fingerprint density at radius 2 is 1.76 bits per heavy atom. The number of carbonyl (C=O) groups excluding carboxylic acids is 1. The molecule has 0 amide bonds. The highest BCUT2D eigenvalue weighted by Crippen LogP contribution is 2.25. The van der Waals surface area contributed by atoms with Gasteiger partial charge in [-0.2, -0.15) is 0 Å². The van der Waals surface area contributed by atoms with Gasteiger partial charge in [-0.05, 0) is 30.5 Å². The maximum absolute atomic E-state index is 11.2. The Morgan fingerprint density at radius 3 is 2.38 bits per heavy atom. The van der Waals surface area contributed by atoms with Crippen LogP contribution >= 0.6 is 34.4 Å². The number of ether oxygens (including phenoxy) is 3. The summed E-state index contributed by atoms with van der Waals surface area (Å²) >= 11 is 8.04. The number of carbonyl (C=O) groups is 1. The Balaban J connectivity index is 1.98. The topological polar surface area (TPSA) is 56.8 Å². The van der Waals surface area contributed by atoms with Gasteiger partial charge in [0.1, 0.15) is 19.0 Å². The summed E-state index contributed by atoms with van der Waals surface area (Å²) in [6.07, 6.45) is 1.79. The Kier molecular flexibility index (Phi) is 9.77. The van der Waals surface area contributed by atoms with E-state index in [9.17, 15) is 4.79 Å². The molecular formula is C13H21NO4S3. The van der Waals surface area contributed by atoms with E-state index in [1.807, 2.05) is 24.3 Å². The molecule has 0 radical (unpaired) electrons. The fraction of sp³-hybridized carbons (Fsp3) is 0.462. The van der Waals surface area contributed by atoms with Crippen molar-refractivity contribution < 1.29 is 19.0 Å². The van der Waals surface area contributed by atoms with Gasteiger partial charge in [-0.3, -0.25) is 4.79 Å². The zero-order chi connectivity index (χ0) is 15.5. The molecule has 0 aliphatic carbocycles. The minimum absolute atomic E-state index is 0.0378. The predicted octanol–water partition coefficient (Wildman–Crippen LogP) is 2.36. The second kappa shape index (κ2) is 11.1. The summed E-state index contributed by atoms with van der Waals surface area (Å²) in [5, 5.41) is 0.0378. The highest BCUT2D eigenvalue weighted by Gasteiger charge is 2.03. The van der Waals surface area contributed by atoms with Crippen LogP contribution in [0.1, 0.15) is 0 Å². The second-order valence-corrected chi connectivity index (χ2v) is 7.64. The molecule has 0 heterocycles. The normalized spacial score (nSPS) is 12.8. The second-order valence-electron chi connectivity index (χ2n) is 4.07. The molecule has 0 saturated carbocycles. The predicted molar refractivity (Wildman–Crippen MR) is 95.1 cm³/mol. The molecule has 8 heteroatoms. The molecular weight excluding hydrogens is 330 g/mol. The van der Waals surface area contributed by atoms with Crippen LogP contribution in [-0.4, -0.2) is 44.4 Å². The van der Waals surface area contributed by atoms with Crippen molar-refractivity contribution in [3.8, 4) is 5.75 Å². The first-order chi connectivity index (χ1) is 10.1. The van der Waals surface area contributed by atoms with Gasteiger partial charge in [0.05, 0.1) is 19.8 Å². The van der Waals surface area contributed by atoms with E-state index in [1.165, 1.54) is 0 Å². The number of benzene rings is 1. The molecule has 0 saturated heterocycles. The van der Waals surface area contributed by atoms with Crippen LogP contribution in [0, 0.1) is 0 Å². The van der Waals surface area contributed by atoms with Crippen LogP contribution in [0.15, 0.2) is 24.3 Å². The average molecular weight is 352 g/mol. The highest BCUT2D eigenvalue weighted by molar-refractivity contribution is 8.84. The maximum atomic E-state index is 11.2. The lowest BCUT2D eigenvalue weighted by atomic mass is 10.3. The Hall–Kier alpha value is -0.540. The summed E-state index contributed by atoms with van der Waals surface area (Å²) in [7, 11) is -0.861. The van der Waals surface area contributed by atoms with Crippen molar-refractivity contribution in [2.75, 3.05) is 44.0 Å². The van der Waals surface area contributed by atoms with Crippen LogP contribution in [-0.2, 0) is 14.3 Å². The summed E-state index contributed by atoms with van der Waals surface area (Å²) in [6.45, 7) is 1.87. The Bertz CT molecular complexity index is 414. The largest absolute Gasteiger partial charge is 0.491 e. The van der Waals surface area contributed by atoms with Crippen LogP contribution < -0.4 is 9.46 Å². The molecule has 0 aliphatic heterocycles. The molecule has 1 aromatic carbocycles. The summed E-state index contributed by atoms with van der Waals surface area (Å²) < 4.78 is 18.8. The summed E-state index contributed by atoms with van der Waals surface area (Å²) in [5.74, 6) is 0.776. The molecule has 1 rings (SSSR count). The lowest BCUT2D eigenvalue weighted by Crippen LogP contribution is -2.13.